The highest BCUT2D eigenvalue weighted by molar-refractivity contribution is 7.89. The number of hydrogen-bond donors (Lipinski definition) is 0. The van der Waals surface area contributed by atoms with Crippen LogP contribution >= 0.6 is 0 Å². The fourth-order valence-corrected chi connectivity index (χ4v) is 5.85. The molecule has 9 heteroatoms. The van der Waals surface area contributed by atoms with Gasteiger partial charge in [0.25, 0.3) is 0 Å². The molecule has 0 spiro atoms. The molecule has 2 aliphatic rings. The molecule has 0 saturated carbocycles. The van der Waals surface area contributed by atoms with Crippen molar-refractivity contribution in [3.8, 4) is 0 Å². The number of nitrogens with zero attached hydrogens (tertiary/aromatic N) is 3. The molecule has 6 nitrogen and oxygen atoms in total. The Morgan fingerprint density at radius 1 is 1.00 bits per heavy atom. The Bertz CT molecular complexity index is 1060. The Hall–Kier alpha value is -2.36. The third kappa shape index (κ3) is 4.22. The van der Waals surface area contributed by atoms with Gasteiger partial charge >= 0.3 is 0 Å². The number of carbonyl (C=O) groups excluding carboxylic acids is 1. The first-order valence-corrected chi connectivity index (χ1v) is 11.8. The molecule has 1 atom stereocenters. The molecule has 0 bridgehead atoms. The van der Waals surface area contributed by atoms with E-state index in [0.29, 0.717) is 13.1 Å². The molecule has 0 aliphatic carbocycles. The minimum absolute atomic E-state index is 0.0314. The lowest BCUT2D eigenvalue weighted by Gasteiger charge is -2.38. The number of para-hydroxylation sites is 1. The number of sulfonamides is 1. The molecule has 166 valence electrons. The SMILES string of the molecule is CC1CCc2ccccc2N1C(=O)CN1CCN(S(=O)(=O)c2c(F)cccc2F)CC1. The van der Waals surface area contributed by atoms with Gasteiger partial charge in [0.1, 0.15) is 11.6 Å². The summed E-state index contributed by atoms with van der Waals surface area (Å²) in [7, 11) is -4.28. The van der Waals surface area contributed by atoms with Crippen LogP contribution < -0.4 is 4.90 Å². The summed E-state index contributed by atoms with van der Waals surface area (Å²) in [5.41, 5.74) is 2.08. The van der Waals surface area contributed by atoms with Crippen LogP contribution in [-0.4, -0.2) is 62.3 Å². The first-order valence-electron chi connectivity index (χ1n) is 10.4. The van der Waals surface area contributed by atoms with Crippen molar-refractivity contribution >= 4 is 21.6 Å². The Labute approximate surface area is 181 Å². The van der Waals surface area contributed by atoms with Crippen LogP contribution in [0.1, 0.15) is 18.9 Å². The molecule has 0 aromatic heterocycles. The molecular formula is C22H25F2N3O3S. The number of aryl methyl sites for hydroxylation is 1. The van der Waals surface area contributed by atoms with Gasteiger partial charge in [0, 0.05) is 37.9 Å². The molecule has 2 aromatic carbocycles. The number of carbonyl (C=O) groups is 1. The minimum Gasteiger partial charge on any atom is -0.308 e. The van der Waals surface area contributed by atoms with Crippen LogP contribution in [0.15, 0.2) is 47.4 Å². The second-order valence-corrected chi connectivity index (χ2v) is 9.89. The van der Waals surface area contributed by atoms with Crippen LogP contribution in [-0.2, 0) is 21.2 Å². The van der Waals surface area contributed by atoms with Gasteiger partial charge in [-0.05, 0) is 43.5 Å². The smallest absolute Gasteiger partial charge is 0.249 e. The minimum atomic E-state index is -4.28. The zero-order valence-electron chi connectivity index (χ0n) is 17.3. The van der Waals surface area contributed by atoms with Crippen LogP contribution in [0.4, 0.5) is 14.5 Å². The fraction of sp³-hybridized carbons (Fsp3) is 0.409. The summed E-state index contributed by atoms with van der Waals surface area (Å²) >= 11 is 0. The zero-order valence-corrected chi connectivity index (χ0v) is 18.1. The summed E-state index contributed by atoms with van der Waals surface area (Å²) in [6, 6.07) is 11.0. The first-order chi connectivity index (χ1) is 14.8. The first kappa shape index (κ1) is 21.9. The van der Waals surface area contributed by atoms with Crippen molar-refractivity contribution in [1.29, 1.82) is 0 Å². The van der Waals surface area contributed by atoms with Gasteiger partial charge < -0.3 is 4.90 Å². The Morgan fingerprint density at radius 2 is 1.65 bits per heavy atom. The molecule has 1 amide bonds. The van der Waals surface area contributed by atoms with E-state index in [9.17, 15) is 22.0 Å². The third-order valence-electron chi connectivity index (χ3n) is 6.00. The highest BCUT2D eigenvalue weighted by Crippen LogP contribution is 2.31. The second-order valence-electron chi connectivity index (χ2n) is 8.01. The van der Waals surface area contributed by atoms with Crippen molar-refractivity contribution in [2.75, 3.05) is 37.6 Å². The average molecular weight is 450 g/mol. The maximum atomic E-state index is 14.0. The number of benzene rings is 2. The van der Waals surface area contributed by atoms with Gasteiger partial charge in [-0.2, -0.15) is 4.31 Å². The summed E-state index contributed by atoms with van der Waals surface area (Å²) in [6.45, 7) is 2.95. The molecular weight excluding hydrogens is 424 g/mol. The number of hydrogen-bond acceptors (Lipinski definition) is 4. The zero-order chi connectivity index (χ0) is 22.2. The second kappa shape index (κ2) is 8.64. The summed E-state index contributed by atoms with van der Waals surface area (Å²) in [5, 5.41) is 0. The van der Waals surface area contributed by atoms with Gasteiger partial charge in [0.05, 0.1) is 6.54 Å². The predicted octanol–water partition coefficient (Wildman–Crippen LogP) is 2.64. The van der Waals surface area contributed by atoms with E-state index in [1.54, 1.807) is 0 Å². The van der Waals surface area contributed by atoms with Crippen LogP contribution in [0.5, 0.6) is 0 Å². The number of amides is 1. The monoisotopic (exact) mass is 449 g/mol. The standard InChI is InChI=1S/C22H25F2N3O3S/c1-16-9-10-17-5-2-3-8-20(17)27(16)21(28)15-25-11-13-26(14-12-25)31(29,30)22-18(23)6-4-7-19(22)24/h2-8,16H,9-15H2,1H3. The van der Waals surface area contributed by atoms with Crippen LogP contribution in [0.2, 0.25) is 0 Å². The van der Waals surface area contributed by atoms with Gasteiger partial charge in [-0.15, -0.1) is 0 Å². The number of rotatable bonds is 4. The van der Waals surface area contributed by atoms with Crippen LogP contribution in [0, 0.1) is 11.6 Å². The average Bonchev–Trinajstić information content (AvgIpc) is 2.73. The van der Waals surface area contributed by atoms with E-state index in [1.807, 2.05) is 41.0 Å². The van der Waals surface area contributed by atoms with E-state index >= 15 is 0 Å². The molecule has 31 heavy (non-hydrogen) atoms. The molecule has 0 radical (unpaired) electrons. The maximum absolute atomic E-state index is 14.0. The molecule has 1 fully saturated rings. The normalized spacial score (nSPS) is 20.5. The molecule has 2 aliphatic heterocycles. The molecule has 4 rings (SSSR count). The highest BCUT2D eigenvalue weighted by Gasteiger charge is 2.34. The number of anilines is 1. The summed E-state index contributed by atoms with van der Waals surface area (Å²) in [5.74, 6) is -2.23. The van der Waals surface area contributed by atoms with Crippen molar-refractivity contribution < 1.29 is 22.0 Å². The van der Waals surface area contributed by atoms with Crippen molar-refractivity contribution in [3.63, 3.8) is 0 Å². The van der Waals surface area contributed by atoms with Crippen molar-refractivity contribution in [1.82, 2.24) is 9.21 Å². The van der Waals surface area contributed by atoms with Gasteiger partial charge in [-0.25, -0.2) is 17.2 Å². The Kier molecular flexibility index (Phi) is 6.09. The lowest BCUT2D eigenvalue weighted by Crippen LogP contribution is -2.53. The topological polar surface area (TPSA) is 60.9 Å². The highest BCUT2D eigenvalue weighted by atomic mass is 32.2. The van der Waals surface area contributed by atoms with E-state index in [0.717, 1.165) is 46.6 Å². The molecule has 1 saturated heterocycles. The molecule has 0 N–H and O–H groups in total. The third-order valence-corrected chi connectivity index (χ3v) is 7.95. The van der Waals surface area contributed by atoms with Crippen molar-refractivity contribution in [2.45, 2.75) is 30.7 Å². The predicted molar refractivity (Wildman–Crippen MR) is 113 cm³/mol. The van der Waals surface area contributed by atoms with Crippen molar-refractivity contribution in [3.05, 3.63) is 59.7 Å². The number of halogens is 2. The van der Waals surface area contributed by atoms with Gasteiger partial charge in [0.2, 0.25) is 15.9 Å². The lowest BCUT2D eigenvalue weighted by molar-refractivity contribution is -0.120. The number of fused-ring (bicyclic) bond motifs is 1. The maximum Gasteiger partial charge on any atom is 0.249 e. The number of piperazine rings is 1. The summed E-state index contributed by atoms with van der Waals surface area (Å²) in [4.78, 5) is 15.9. The molecule has 1 unspecified atom stereocenters. The Balaban J connectivity index is 1.42. The van der Waals surface area contributed by atoms with E-state index in [1.165, 1.54) is 0 Å². The van der Waals surface area contributed by atoms with Gasteiger partial charge in [-0.3, -0.25) is 9.69 Å². The lowest BCUT2D eigenvalue weighted by atomic mass is 9.96. The molecule has 2 aromatic rings. The van der Waals surface area contributed by atoms with Crippen LogP contribution in [0.3, 0.4) is 0 Å². The van der Waals surface area contributed by atoms with Crippen LogP contribution in [0.25, 0.3) is 0 Å². The van der Waals surface area contributed by atoms with E-state index in [4.69, 9.17) is 0 Å². The van der Waals surface area contributed by atoms with Gasteiger partial charge in [0.15, 0.2) is 4.90 Å². The summed E-state index contributed by atoms with van der Waals surface area (Å²) in [6.07, 6.45) is 1.83. The summed E-state index contributed by atoms with van der Waals surface area (Å²) < 4.78 is 54.6. The van der Waals surface area contributed by atoms with E-state index < -0.39 is 26.6 Å². The van der Waals surface area contributed by atoms with E-state index in [-0.39, 0.29) is 31.6 Å². The van der Waals surface area contributed by atoms with E-state index in [2.05, 4.69) is 0 Å². The van der Waals surface area contributed by atoms with Gasteiger partial charge in [-0.1, -0.05) is 24.3 Å². The fourth-order valence-electron chi connectivity index (χ4n) is 4.32. The molecule has 2 heterocycles. The van der Waals surface area contributed by atoms with Crippen molar-refractivity contribution in [2.24, 2.45) is 0 Å². The quantitative estimate of drug-likeness (QED) is 0.720. The Morgan fingerprint density at radius 3 is 2.32 bits per heavy atom. The largest absolute Gasteiger partial charge is 0.308 e.